The Labute approximate surface area is 135 Å². The molecule has 3 rings (SSSR count). The molecule has 3 aromatic rings. The van der Waals surface area contributed by atoms with Gasteiger partial charge in [-0.05, 0) is 44.5 Å². The molecule has 0 bridgehead atoms. The van der Waals surface area contributed by atoms with Crippen LogP contribution < -0.4 is 5.32 Å². The van der Waals surface area contributed by atoms with E-state index in [0.717, 1.165) is 17.3 Å². The third-order valence-corrected chi connectivity index (χ3v) is 4.07. The number of pyridine rings is 1. The van der Waals surface area contributed by atoms with Crippen molar-refractivity contribution < 1.29 is 9.21 Å². The quantitative estimate of drug-likeness (QED) is 0.776. The Bertz CT molecular complexity index is 836. The summed E-state index contributed by atoms with van der Waals surface area (Å²) in [6.07, 6.45) is 2.46. The van der Waals surface area contributed by atoms with Crippen LogP contribution >= 0.6 is 0 Å². The second-order valence-electron chi connectivity index (χ2n) is 6.24. The average molecular weight is 308 g/mol. The number of para-hydroxylation sites is 1. The summed E-state index contributed by atoms with van der Waals surface area (Å²) >= 11 is 0. The van der Waals surface area contributed by atoms with Gasteiger partial charge < -0.3 is 9.73 Å². The molecule has 0 fully saturated rings. The normalized spacial score (nSPS) is 11.6. The fourth-order valence-electron chi connectivity index (χ4n) is 2.38. The van der Waals surface area contributed by atoms with Crippen molar-refractivity contribution in [3.8, 4) is 11.5 Å². The molecule has 0 spiro atoms. The van der Waals surface area contributed by atoms with Gasteiger partial charge in [0.15, 0.2) is 5.76 Å². The predicted octanol–water partition coefficient (Wildman–Crippen LogP) is 4.41. The minimum Gasteiger partial charge on any atom is -0.463 e. The van der Waals surface area contributed by atoms with E-state index in [4.69, 9.17) is 4.42 Å². The van der Waals surface area contributed by atoms with E-state index in [1.807, 2.05) is 50.2 Å². The van der Waals surface area contributed by atoms with E-state index in [9.17, 15) is 4.79 Å². The lowest BCUT2D eigenvalue weighted by molar-refractivity contribution is 0.0913. The first-order chi connectivity index (χ1) is 11.0. The Kier molecular flexibility index (Phi) is 3.90. The lowest BCUT2D eigenvalue weighted by Crippen LogP contribution is -2.42. The van der Waals surface area contributed by atoms with Crippen LogP contribution in [0, 0.1) is 0 Å². The monoisotopic (exact) mass is 308 g/mol. The van der Waals surface area contributed by atoms with Crippen LogP contribution in [0.1, 0.15) is 37.6 Å². The number of rotatable bonds is 4. The summed E-state index contributed by atoms with van der Waals surface area (Å²) in [6.45, 7) is 6.09. The summed E-state index contributed by atoms with van der Waals surface area (Å²) in [5.74, 6) is 0.558. The molecule has 0 radical (unpaired) electrons. The number of carbonyl (C=O) groups excluding carboxylic acids is 1. The lowest BCUT2D eigenvalue weighted by Gasteiger charge is -2.25. The molecule has 0 aliphatic heterocycles. The van der Waals surface area contributed by atoms with E-state index in [-0.39, 0.29) is 11.4 Å². The van der Waals surface area contributed by atoms with Gasteiger partial charge in [0.25, 0.3) is 5.91 Å². The Morgan fingerprint density at radius 3 is 2.70 bits per heavy atom. The zero-order valence-electron chi connectivity index (χ0n) is 13.6. The largest absolute Gasteiger partial charge is 0.463 e. The number of aromatic nitrogens is 1. The van der Waals surface area contributed by atoms with Gasteiger partial charge in [0.05, 0.1) is 17.3 Å². The maximum absolute atomic E-state index is 12.8. The van der Waals surface area contributed by atoms with Crippen molar-refractivity contribution in [3.05, 3.63) is 54.3 Å². The summed E-state index contributed by atoms with van der Waals surface area (Å²) in [5.41, 5.74) is 1.80. The zero-order chi connectivity index (χ0) is 16.4. The summed E-state index contributed by atoms with van der Waals surface area (Å²) < 4.78 is 5.43. The molecule has 0 saturated carbocycles. The summed E-state index contributed by atoms with van der Waals surface area (Å²) in [6, 6.07) is 13.1. The Hall–Kier alpha value is -2.62. The maximum atomic E-state index is 12.8. The summed E-state index contributed by atoms with van der Waals surface area (Å²) in [5, 5.41) is 3.93. The molecule has 0 saturated heterocycles. The molecule has 0 aliphatic carbocycles. The number of nitrogens with zero attached hydrogens (tertiary/aromatic N) is 1. The molecule has 2 aromatic heterocycles. The van der Waals surface area contributed by atoms with Gasteiger partial charge in [-0.25, -0.2) is 4.98 Å². The fraction of sp³-hybridized carbons (Fsp3) is 0.263. The van der Waals surface area contributed by atoms with Gasteiger partial charge in [-0.3, -0.25) is 4.79 Å². The molecule has 23 heavy (non-hydrogen) atoms. The van der Waals surface area contributed by atoms with Crippen LogP contribution in [0.4, 0.5) is 0 Å². The molecule has 0 atom stereocenters. The van der Waals surface area contributed by atoms with Crippen LogP contribution in [-0.4, -0.2) is 16.4 Å². The number of hydrogen-bond donors (Lipinski definition) is 1. The fourth-order valence-corrected chi connectivity index (χ4v) is 2.38. The van der Waals surface area contributed by atoms with Crippen LogP contribution in [-0.2, 0) is 0 Å². The maximum Gasteiger partial charge on any atom is 0.252 e. The average Bonchev–Trinajstić information content (AvgIpc) is 3.08. The Morgan fingerprint density at radius 2 is 2.00 bits per heavy atom. The zero-order valence-corrected chi connectivity index (χ0v) is 13.6. The molecule has 2 heterocycles. The standard InChI is InChI=1S/C19H20N2O2/c1-4-19(2,3)21-18(22)14-12-16(17-10-7-11-23-17)20-15-9-6-5-8-13(14)15/h5-12H,4H2,1-3H3,(H,21,22). The van der Waals surface area contributed by atoms with Gasteiger partial charge in [-0.15, -0.1) is 0 Å². The van der Waals surface area contributed by atoms with E-state index in [1.165, 1.54) is 0 Å². The highest BCUT2D eigenvalue weighted by atomic mass is 16.3. The van der Waals surface area contributed by atoms with Crippen molar-refractivity contribution in [2.45, 2.75) is 32.7 Å². The van der Waals surface area contributed by atoms with Gasteiger partial charge in [-0.2, -0.15) is 0 Å². The van der Waals surface area contributed by atoms with Gasteiger partial charge in [0.2, 0.25) is 0 Å². The molecule has 1 amide bonds. The first-order valence-electron chi connectivity index (χ1n) is 7.76. The topological polar surface area (TPSA) is 55.1 Å². The molecule has 0 unspecified atom stereocenters. The molecule has 1 N–H and O–H groups in total. The second-order valence-corrected chi connectivity index (χ2v) is 6.24. The van der Waals surface area contributed by atoms with Crippen molar-refractivity contribution in [2.24, 2.45) is 0 Å². The van der Waals surface area contributed by atoms with Crippen molar-refractivity contribution in [1.29, 1.82) is 0 Å². The molecular weight excluding hydrogens is 288 g/mol. The number of hydrogen-bond acceptors (Lipinski definition) is 3. The molecule has 118 valence electrons. The molecule has 1 aromatic carbocycles. The number of furan rings is 1. The minimum absolute atomic E-state index is 0.0942. The number of amides is 1. The summed E-state index contributed by atoms with van der Waals surface area (Å²) in [7, 11) is 0. The highest BCUT2D eigenvalue weighted by molar-refractivity contribution is 6.07. The molecule has 4 heteroatoms. The van der Waals surface area contributed by atoms with Crippen LogP contribution in [0.25, 0.3) is 22.4 Å². The first kappa shape index (κ1) is 15.3. The third kappa shape index (κ3) is 3.11. The van der Waals surface area contributed by atoms with Crippen LogP contribution in [0.15, 0.2) is 53.1 Å². The Balaban J connectivity index is 2.12. The highest BCUT2D eigenvalue weighted by Crippen LogP contribution is 2.25. The second kappa shape index (κ2) is 5.88. The SMILES string of the molecule is CCC(C)(C)NC(=O)c1cc(-c2ccco2)nc2ccccc12. The van der Waals surface area contributed by atoms with E-state index in [2.05, 4.69) is 17.2 Å². The van der Waals surface area contributed by atoms with Gasteiger partial charge >= 0.3 is 0 Å². The highest BCUT2D eigenvalue weighted by Gasteiger charge is 2.21. The van der Waals surface area contributed by atoms with Crippen LogP contribution in [0.5, 0.6) is 0 Å². The van der Waals surface area contributed by atoms with Crippen molar-refractivity contribution in [3.63, 3.8) is 0 Å². The predicted molar refractivity (Wildman–Crippen MR) is 91.3 cm³/mol. The molecule has 0 aliphatic rings. The number of benzene rings is 1. The third-order valence-electron chi connectivity index (χ3n) is 4.07. The van der Waals surface area contributed by atoms with Gasteiger partial charge in [0.1, 0.15) is 5.69 Å². The van der Waals surface area contributed by atoms with E-state index < -0.39 is 0 Å². The summed E-state index contributed by atoms with van der Waals surface area (Å²) in [4.78, 5) is 17.4. The van der Waals surface area contributed by atoms with Crippen molar-refractivity contribution in [2.75, 3.05) is 0 Å². The van der Waals surface area contributed by atoms with Gasteiger partial charge in [-0.1, -0.05) is 25.1 Å². The number of carbonyl (C=O) groups is 1. The molecular formula is C19H20N2O2. The number of nitrogens with one attached hydrogen (secondary N) is 1. The van der Waals surface area contributed by atoms with Crippen molar-refractivity contribution >= 4 is 16.8 Å². The van der Waals surface area contributed by atoms with E-state index in [0.29, 0.717) is 17.0 Å². The van der Waals surface area contributed by atoms with E-state index in [1.54, 1.807) is 12.3 Å². The van der Waals surface area contributed by atoms with Crippen LogP contribution in [0.3, 0.4) is 0 Å². The smallest absolute Gasteiger partial charge is 0.252 e. The van der Waals surface area contributed by atoms with E-state index >= 15 is 0 Å². The van der Waals surface area contributed by atoms with Gasteiger partial charge in [0, 0.05) is 10.9 Å². The Morgan fingerprint density at radius 1 is 1.22 bits per heavy atom. The number of fused-ring (bicyclic) bond motifs is 1. The van der Waals surface area contributed by atoms with Crippen molar-refractivity contribution in [1.82, 2.24) is 10.3 Å². The minimum atomic E-state index is -0.258. The first-order valence-corrected chi connectivity index (χ1v) is 7.76. The molecule has 4 nitrogen and oxygen atoms in total. The van der Waals surface area contributed by atoms with Crippen LogP contribution in [0.2, 0.25) is 0 Å². The lowest BCUT2D eigenvalue weighted by atomic mass is 10.00.